The van der Waals surface area contributed by atoms with E-state index in [1.807, 2.05) is 0 Å². The molecular formula is C50H35N. The maximum Gasteiger partial charge on any atom is 0.0725 e. The highest BCUT2D eigenvalue weighted by Gasteiger charge is 2.51. The summed E-state index contributed by atoms with van der Waals surface area (Å²) in [5.41, 5.74) is -21.7. The van der Waals surface area contributed by atoms with Crippen LogP contribution >= 0.6 is 0 Å². The van der Waals surface area contributed by atoms with E-state index in [0.29, 0.717) is 0 Å². The summed E-state index contributed by atoms with van der Waals surface area (Å²) < 4.78 is 324. The third-order valence-corrected chi connectivity index (χ3v) is 9.31. The SMILES string of the molecule is [2H]c1c([2H])c([2H])c2c(c1[2H])-c1c([2H])c([2H])c([2H])c([2H])c1C21c2c([2H])c([2H])c([2H])c([2H])c2-c2c([2H])c(N(c3c([2H])c([2H])c4c(c3[2H])C(C([2H])([2H])[2H])(C([2H])([2H])[2H])c3c([2H])c([2H])c([2H])c([2H])c3-4)c3c([2H])c([2H])c([2H])c4c([2H])c([2H])c([2H])c([2H])c34)c([2H])c([2H])c21. The van der Waals surface area contributed by atoms with Gasteiger partial charge in [0.25, 0.3) is 0 Å². The van der Waals surface area contributed by atoms with E-state index in [0.717, 1.165) is 0 Å². The molecule has 0 fully saturated rings. The number of fused-ring (bicyclic) bond motifs is 14. The largest absolute Gasteiger partial charge is 0.310 e. The van der Waals surface area contributed by atoms with E-state index in [-0.39, 0.29) is 4.90 Å². The molecule has 3 aliphatic carbocycles. The normalized spacial score (nSPS) is 25.0. The van der Waals surface area contributed by atoms with Crippen LogP contribution < -0.4 is 4.90 Å². The Kier molecular flexibility index (Phi) is 2.13. The van der Waals surface area contributed by atoms with Gasteiger partial charge < -0.3 is 4.90 Å². The fourth-order valence-electron chi connectivity index (χ4n) is 7.26. The number of rotatable bonds is 3. The van der Waals surface area contributed by atoms with Crippen molar-refractivity contribution in [2.24, 2.45) is 0 Å². The summed E-state index contributed by atoms with van der Waals surface area (Å²) in [7, 11) is 0. The van der Waals surface area contributed by atoms with Crippen LogP contribution in [-0.4, -0.2) is 0 Å². The molecule has 8 aromatic rings. The van der Waals surface area contributed by atoms with Gasteiger partial charge in [-0.3, -0.25) is 0 Å². The molecule has 0 saturated carbocycles. The van der Waals surface area contributed by atoms with E-state index in [1.54, 1.807) is 0 Å². The van der Waals surface area contributed by atoms with Crippen molar-refractivity contribution in [3.05, 3.63) is 209 Å². The van der Waals surface area contributed by atoms with Crippen molar-refractivity contribution in [3.8, 4) is 33.4 Å². The standard InChI is InChI=1S/C50H35N/c1-49(2)42-21-9-5-17-36(42)40-28-26-34(31-47(40)49)51(48-25-13-15-32-14-3-4-16-35(32)48)33-27-29-46-41(30-33)39-20-8-12-24-45(39)50(46)43-22-10-6-18-37(43)38-19-7-11-23-44(38)50/h3-31H,1-2H3/i1D3,2D3,3D,4D,5D,6D,7D,8D,9D,10D,11D,12D,13D,14D,15D,16D,17D,18D,19D,20D,21D,22D,23D,24D,25D,26D,27D,28D,29D,30D,31D. The van der Waals surface area contributed by atoms with Crippen molar-refractivity contribution < 1.29 is 48.0 Å². The molecule has 0 N–H and O–H groups in total. The molecule has 240 valence electrons. The maximum absolute atomic E-state index is 10.5. The van der Waals surface area contributed by atoms with Crippen molar-refractivity contribution in [3.63, 3.8) is 0 Å². The zero-order valence-corrected chi connectivity index (χ0v) is 25.4. The Morgan fingerprint density at radius 3 is 1.59 bits per heavy atom. The Balaban J connectivity index is 1.46. The average Bonchev–Trinajstić information content (AvgIpc) is 1.48. The Hall–Kier alpha value is -6.18. The van der Waals surface area contributed by atoms with Gasteiger partial charge >= 0.3 is 0 Å². The summed E-state index contributed by atoms with van der Waals surface area (Å²) in [5.74, 6) is 0. The summed E-state index contributed by atoms with van der Waals surface area (Å²) in [4.78, 5) is 0.238. The highest BCUT2D eigenvalue weighted by atomic mass is 15.1. The molecule has 1 heteroatoms. The van der Waals surface area contributed by atoms with Gasteiger partial charge in [-0.1, -0.05) is 159 Å². The molecule has 0 aliphatic heterocycles. The minimum Gasteiger partial charge on any atom is -0.310 e. The number of nitrogens with zero attached hydrogens (tertiary/aromatic N) is 1. The first kappa shape index (κ1) is 10.7. The molecule has 0 unspecified atom stereocenters. The highest BCUT2D eigenvalue weighted by Crippen LogP contribution is 2.63. The first-order chi connectivity index (χ1) is 39.6. The Bertz CT molecular complexity index is 4520. The Morgan fingerprint density at radius 1 is 0.412 bits per heavy atom. The molecule has 0 aromatic heterocycles. The number of hydrogen-bond donors (Lipinski definition) is 0. The second kappa shape index (κ2) is 10.2. The van der Waals surface area contributed by atoms with Gasteiger partial charge in [-0.05, 0) is 102 Å². The van der Waals surface area contributed by atoms with E-state index < -0.39 is 294 Å². The number of anilines is 3. The van der Waals surface area contributed by atoms with Crippen molar-refractivity contribution >= 4 is 27.8 Å². The summed E-state index contributed by atoms with van der Waals surface area (Å²) in [6, 6.07) is -33.7. The average molecular weight is 685 g/mol. The summed E-state index contributed by atoms with van der Waals surface area (Å²) in [6.45, 7) is -8.14. The summed E-state index contributed by atoms with van der Waals surface area (Å²) in [6.07, 6.45) is 0. The van der Waals surface area contributed by atoms with Crippen LogP contribution in [0.25, 0.3) is 44.2 Å². The summed E-state index contributed by atoms with van der Waals surface area (Å²) in [5, 5.41) is -1.92. The lowest BCUT2D eigenvalue weighted by Gasteiger charge is -2.32. The Labute approximate surface area is 348 Å². The quantitative estimate of drug-likeness (QED) is 0.179. The van der Waals surface area contributed by atoms with Crippen LogP contribution in [0.4, 0.5) is 17.1 Å². The molecule has 0 bridgehead atoms. The monoisotopic (exact) mass is 684 g/mol. The molecule has 3 aliphatic rings. The predicted molar refractivity (Wildman–Crippen MR) is 212 cm³/mol. The van der Waals surface area contributed by atoms with Gasteiger partial charge in [0, 0.05) is 30.4 Å². The van der Waals surface area contributed by atoms with E-state index in [1.165, 1.54) is 0 Å². The third kappa shape index (κ3) is 3.65. The summed E-state index contributed by atoms with van der Waals surface area (Å²) >= 11 is 0. The van der Waals surface area contributed by atoms with Gasteiger partial charge in [0.05, 0.1) is 50.9 Å². The maximum atomic E-state index is 10.5. The van der Waals surface area contributed by atoms with E-state index in [4.69, 9.17) is 28.8 Å². The van der Waals surface area contributed by atoms with Gasteiger partial charge in [-0.25, -0.2) is 0 Å². The van der Waals surface area contributed by atoms with E-state index >= 15 is 0 Å². The van der Waals surface area contributed by atoms with Crippen LogP contribution in [0.1, 0.15) is 95.1 Å². The first-order valence-corrected chi connectivity index (χ1v) is 15.2. The minimum atomic E-state index is -4.07. The molecule has 0 radical (unpaired) electrons. The highest BCUT2D eigenvalue weighted by molar-refractivity contribution is 6.01. The first-order valence-electron chi connectivity index (χ1n) is 32.7. The predicted octanol–water partition coefficient (Wildman–Crippen LogP) is 13.0. The molecule has 8 aromatic carbocycles. The zero-order chi connectivity index (χ0) is 64.1. The fourth-order valence-corrected chi connectivity index (χ4v) is 7.26. The molecule has 0 amide bonds. The second-order valence-corrected chi connectivity index (χ2v) is 11.8. The van der Waals surface area contributed by atoms with Crippen LogP contribution in [0.15, 0.2) is 175 Å². The molecule has 0 heterocycles. The van der Waals surface area contributed by atoms with Gasteiger partial charge in [0.2, 0.25) is 0 Å². The van der Waals surface area contributed by atoms with E-state index in [9.17, 15) is 19.2 Å². The molecular weight excluding hydrogens is 615 g/mol. The lowest BCUT2D eigenvalue weighted by Crippen LogP contribution is -2.25. The molecule has 0 atom stereocenters. The fraction of sp³-hybridized carbons (Fsp3) is 0.0800. The smallest absolute Gasteiger partial charge is 0.0725 e. The van der Waals surface area contributed by atoms with Crippen molar-refractivity contribution in [2.75, 3.05) is 4.90 Å². The second-order valence-electron chi connectivity index (χ2n) is 11.8. The third-order valence-electron chi connectivity index (χ3n) is 9.31. The topological polar surface area (TPSA) is 3.24 Å². The van der Waals surface area contributed by atoms with E-state index in [2.05, 4.69) is 0 Å². The van der Waals surface area contributed by atoms with Crippen LogP contribution in [-0.2, 0) is 10.8 Å². The number of benzene rings is 8. The van der Waals surface area contributed by atoms with Gasteiger partial charge in [0.1, 0.15) is 0 Å². The lowest BCUT2D eigenvalue weighted by molar-refractivity contribution is 0.660. The van der Waals surface area contributed by atoms with Crippen molar-refractivity contribution in [1.29, 1.82) is 0 Å². The van der Waals surface area contributed by atoms with Crippen LogP contribution in [0.2, 0.25) is 0 Å². The van der Waals surface area contributed by atoms with Crippen LogP contribution in [0, 0.1) is 0 Å². The van der Waals surface area contributed by atoms with Gasteiger partial charge in [-0.15, -0.1) is 0 Å². The molecule has 1 nitrogen and oxygen atoms in total. The molecule has 0 saturated heterocycles. The zero-order valence-electron chi connectivity index (χ0n) is 60.4. The van der Waals surface area contributed by atoms with Crippen LogP contribution in [0.3, 0.4) is 0 Å². The van der Waals surface area contributed by atoms with Crippen molar-refractivity contribution in [1.82, 2.24) is 0 Å². The van der Waals surface area contributed by atoms with Gasteiger partial charge in [-0.2, -0.15) is 0 Å². The Morgan fingerprint density at radius 2 is 0.902 bits per heavy atom. The number of hydrogen-bond acceptors (Lipinski definition) is 1. The minimum absolute atomic E-state index is 0.238. The lowest BCUT2D eigenvalue weighted by atomic mass is 9.70. The van der Waals surface area contributed by atoms with Crippen molar-refractivity contribution in [2.45, 2.75) is 24.5 Å². The van der Waals surface area contributed by atoms with Gasteiger partial charge in [0.15, 0.2) is 0 Å². The molecule has 51 heavy (non-hydrogen) atoms. The molecule has 11 rings (SSSR count). The molecule has 1 spiro atoms. The van der Waals surface area contributed by atoms with Crippen LogP contribution in [0.5, 0.6) is 0 Å².